The minimum atomic E-state index is 0.249. The van der Waals surface area contributed by atoms with E-state index >= 15 is 0 Å². The largest absolute Gasteiger partial charge is 0.341 e. The summed E-state index contributed by atoms with van der Waals surface area (Å²) in [5, 5.41) is 4.43. The number of hydrogen-bond donors (Lipinski definition) is 0. The van der Waals surface area contributed by atoms with E-state index in [1.807, 2.05) is 52.3 Å². The highest BCUT2D eigenvalue weighted by atomic mass is 16.2. The normalized spacial score (nSPS) is 15.2. The first-order valence-electron chi connectivity index (χ1n) is 10.4. The smallest absolute Gasteiger partial charge is 0.222 e. The number of hydrogen-bond acceptors (Lipinski definition) is 3. The highest BCUT2D eigenvalue weighted by Gasteiger charge is 2.19. The van der Waals surface area contributed by atoms with Gasteiger partial charge in [-0.25, -0.2) is 4.68 Å². The Labute approximate surface area is 172 Å². The molecule has 0 saturated carbocycles. The molecule has 0 bridgehead atoms. The zero-order chi connectivity index (χ0) is 19.9. The van der Waals surface area contributed by atoms with Gasteiger partial charge in [0.15, 0.2) is 0 Å². The van der Waals surface area contributed by atoms with E-state index in [9.17, 15) is 4.79 Å². The van der Waals surface area contributed by atoms with Crippen LogP contribution in [-0.4, -0.2) is 51.7 Å². The molecule has 1 aliphatic rings. The van der Waals surface area contributed by atoms with E-state index in [2.05, 4.69) is 40.3 Å². The van der Waals surface area contributed by atoms with Gasteiger partial charge in [0.1, 0.15) is 0 Å². The molecular weight excluding hydrogens is 360 g/mol. The lowest BCUT2D eigenvalue weighted by molar-refractivity contribution is -0.131. The molecule has 0 unspecified atom stereocenters. The predicted octanol–water partition coefficient (Wildman–Crippen LogP) is 3.54. The summed E-state index contributed by atoms with van der Waals surface area (Å²) >= 11 is 0. The first kappa shape index (κ1) is 19.4. The van der Waals surface area contributed by atoms with Crippen molar-refractivity contribution in [2.24, 2.45) is 0 Å². The molecule has 5 heteroatoms. The van der Waals surface area contributed by atoms with Crippen molar-refractivity contribution in [3.05, 3.63) is 84.2 Å². The Morgan fingerprint density at radius 1 is 0.862 bits per heavy atom. The van der Waals surface area contributed by atoms with Crippen LogP contribution in [0.1, 0.15) is 24.0 Å². The molecule has 0 atom stereocenters. The molecular formula is C24H28N4O. The summed E-state index contributed by atoms with van der Waals surface area (Å²) in [6.45, 7) is 4.61. The van der Waals surface area contributed by atoms with Crippen molar-refractivity contribution in [2.45, 2.75) is 25.8 Å². The molecule has 150 valence electrons. The molecule has 2 aromatic carbocycles. The number of carbonyl (C=O) groups is 1. The van der Waals surface area contributed by atoms with Gasteiger partial charge >= 0.3 is 0 Å². The van der Waals surface area contributed by atoms with Crippen LogP contribution in [0.2, 0.25) is 0 Å². The highest BCUT2D eigenvalue weighted by Crippen LogP contribution is 2.12. The lowest BCUT2D eigenvalue weighted by atomic mass is 10.2. The fourth-order valence-electron chi connectivity index (χ4n) is 3.84. The third-order valence-electron chi connectivity index (χ3n) is 5.47. The maximum atomic E-state index is 12.7. The van der Waals surface area contributed by atoms with Crippen LogP contribution in [0.15, 0.2) is 73.1 Å². The number of rotatable bonds is 6. The summed E-state index contributed by atoms with van der Waals surface area (Å²) in [6, 6.07) is 20.6. The summed E-state index contributed by atoms with van der Waals surface area (Å²) in [6.07, 6.45) is 6.19. The predicted molar refractivity (Wildman–Crippen MR) is 115 cm³/mol. The Bertz CT molecular complexity index is 907. The maximum absolute atomic E-state index is 12.7. The van der Waals surface area contributed by atoms with Crippen LogP contribution >= 0.6 is 0 Å². The molecule has 1 aromatic heterocycles. The van der Waals surface area contributed by atoms with Crippen molar-refractivity contribution < 1.29 is 4.79 Å². The monoisotopic (exact) mass is 388 g/mol. The van der Waals surface area contributed by atoms with Crippen LogP contribution in [0.25, 0.3) is 5.69 Å². The molecule has 0 aliphatic carbocycles. The van der Waals surface area contributed by atoms with Crippen molar-refractivity contribution in [1.29, 1.82) is 0 Å². The number of carbonyl (C=O) groups excluding carboxylic acids is 1. The van der Waals surface area contributed by atoms with E-state index in [1.54, 1.807) is 0 Å². The van der Waals surface area contributed by atoms with Crippen molar-refractivity contribution in [3.8, 4) is 5.69 Å². The molecule has 1 aliphatic heterocycles. The second-order valence-corrected chi connectivity index (χ2v) is 7.62. The first-order chi connectivity index (χ1) is 14.3. The Kier molecular flexibility index (Phi) is 6.37. The summed E-state index contributed by atoms with van der Waals surface area (Å²) < 4.78 is 1.87. The number of aromatic nitrogens is 2. The van der Waals surface area contributed by atoms with Gasteiger partial charge in [-0.3, -0.25) is 9.69 Å². The molecule has 29 heavy (non-hydrogen) atoms. The molecule has 3 aromatic rings. The molecule has 1 fully saturated rings. The first-order valence-corrected chi connectivity index (χ1v) is 10.4. The zero-order valence-corrected chi connectivity index (χ0v) is 16.8. The van der Waals surface area contributed by atoms with E-state index < -0.39 is 0 Å². The Balaban J connectivity index is 1.26. The van der Waals surface area contributed by atoms with Crippen molar-refractivity contribution in [2.75, 3.05) is 26.2 Å². The van der Waals surface area contributed by atoms with Gasteiger partial charge in [0.25, 0.3) is 0 Å². The Morgan fingerprint density at radius 2 is 1.62 bits per heavy atom. The number of para-hydroxylation sites is 1. The lowest BCUT2D eigenvalue weighted by Crippen LogP contribution is -2.35. The maximum Gasteiger partial charge on any atom is 0.222 e. The van der Waals surface area contributed by atoms with E-state index in [0.717, 1.165) is 56.8 Å². The fraction of sp³-hybridized carbons (Fsp3) is 0.333. The minimum absolute atomic E-state index is 0.249. The molecule has 1 amide bonds. The SMILES string of the molecule is O=C(CCc1cnn(-c2ccccc2)c1)N1CCCN(Cc2ccccc2)CC1. The van der Waals surface area contributed by atoms with Gasteiger partial charge in [0.2, 0.25) is 5.91 Å². The molecule has 0 N–H and O–H groups in total. The van der Waals surface area contributed by atoms with E-state index in [-0.39, 0.29) is 5.91 Å². The van der Waals surface area contributed by atoms with Crippen LogP contribution in [0.5, 0.6) is 0 Å². The molecule has 0 spiro atoms. The van der Waals surface area contributed by atoms with Gasteiger partial charge in [0, 0.05) is 45.3 Å². The van der Waals surface area contributed by atoms with Gasteiger partial charge in [-0.1, -0.05) is 48.5 Å². The van der Waals surface area contributed by atoms with E-state index in [0.29, 0.717) is 6.42 Å². The second-order valence-electron chi connectivity index (χ2n) is 7.62. The summed E-state index contributed by atoms with van der Waals surface area (Å²) in [5.41, 5.74) is 3.47. The number of nitrogens with zero attached hydrogens (tertiary/aromatic N) is 4. The van der Waals surface area contributed by atoms with Crippen molar-refractivity contribution in [1.82, 2.24) is 19.6 Å². The van der Waals surface area contributed by atoms with Crippen molar-refractivity contribution in [3.63, 3.8) is 0 Å². The highest BCUT2D eigenvalue weighted by molar-refractivity contribution is 5.76. The van der Waals surface area contributed by atoms with Gasteiger partial charge < -0.3 is 4.90 Å². The Morgan fingerprint density at radius 3 is 2.41 bits per heavy atom. The number of benzene rings is 2. The minimum Gasteiger partial charge on any atom is -0.341 e. The molecule has 0 radical (unpaired) electrons. The average molecular weight is 389 g/mol. The summed E-state index contributed by atoms with van der Waals surface area (Å²) in [4.78, 5) is 17.2. The second kappa shape index (κ2) is 9.52. The molecule has 4 rings (SSSR count). The van der Waals surface area contributed by atoms with Crippen LogP contribution < -0.4 is 0 Å². The van der Waals surface area contributed by atoms with Crippen LogP contribution in [0.3, 0.4) is 0 Å². The number of aryl methyl sites for hydroxylation is 1. The van der Waals surface area contributed by atoms with Crippen LogP contribution in [0, 0.1) is 0 Å². The van der Waals surface area contributed by atoms with Gasteiger partial charge in [-0.2, -0.15) is 5.10 Å². The van der Waals surface area contributed by atoms with Crippen LogP contribution in [0.4, 0.5) is 0 Å². The molecule has 2 heterocycles. The quantitative estimate of drug-likeness (QED) is 0.649. The molecule has 1 saturated heterocycles. The van der Waals surface area contributed by atoms with E-state index in [4.69, 9.17) is 0 Å². The Hall–Kier alpha value is -2.92. The van der Waals surface area contributed by atoms with Gasteiger partial charge in [-0.15, -0.1) is 0 Å². The fourth-order valence-corrected chi connectivity index (χ4v) is 3.84. The third-order valence-corrected chi connectivity index (χ3v) is 5.47. The topological polar surface area (TPSA) is 41.4 Å². The summed E-state index contributed by atoms with van der Waals surface area (Å²) in [5.74, 6) is 0.249. The average Bonchev–Trinajstić information content (AvgIpc) is 3.12. The van der Waals surface area contributed by atoms with E-state index in [1.165, 1.54) is 5.56 Å². The lowest BCUT2D eigenvalue weighted by Gasteiger charge is -2.22. The summed E-state index contributed by atoms with van der Waals surface area (Å²) in [7, 11) is 0. The number of amides is 1. The molecule has 5 nitrogen and oxygen atoms in total. The van der Waals surface area contributed by atoms with Gasteiger partial charge in [0.05, 0.1) is 11.9 Å². The third kappa shape index (κ3) is 5.33. The standard InChI is InChI=1S/C24H28N4O/c29-24(13-12-22-18-25-28(20-22)23-10-5-2-6-11-23)27-15-7-14-26(16-17-27)19-21-8-3-1-4-9-21/h1-6,8-11,18,20H,7,12-17,19H2. The van der Waals surface area contributed by atoms with Crippen molar-refractivity contribution >= 4 is 5.91 Å². The van der Waals surface area contributed by atoms with Gasteiger partial charge in [-0.05, 0) is 36.1 Å². The zero-order valence-electron chi connectivity index (χ0n) is 16.8. The van der Waals surface area contributed by atoms with Crippen LogP contribution in [-0.2, 0) is 17.8 Å².